The van der Waals surface area contributed by atoms with Gasteiger partial charge in [0.25, 0.3) is 5.91 Å². The number of rotatable bonds is 3. The molecule has 1 unspecified atom stereocenters. The Morgan fingerprint density at radius 2 is 2.20 bits per heavy atom. The van der Waals surface area contributed by atoms with Crippen LogP contribution in [-0.2, 0) is 7.05 Å². The molecule has 7 heteroatoms. The maximum absolute atomic E-state index is 12.8. The monoisotopic (exact) mass is 399 g/mol. The molecule has 0 aliphatic carbocycles. The lowest BCUT2D eigenvalue weighted by atomic mass is 10.2. The molecule has 1 fully saturated rings. The molecule has 4 rings (SSSR count). The summed E-state index contributed by atoms with van der Waals surface area (Å²) in [6.07, 6.45) is 2.70. The third kappa shape index (κ3) is 3.11. The van der Waals surface area contributed by atoms with Crippen LogP contribution in [0.1, 0.15) is 16.9 Å². The van der Waals surface area contributed by atoms with Crippen LogP contribution in [0.25, 0.3) is 10.9 Å². The number of pyridine rings is 1. The molecular formula is C18H18BrN5O. The molecule has 1 aromatic carbocycles. The van der Waals surface area contributed by atoms with E-state index >= 15 is 0 Å². The molecule has 0 spiro atoms. The zero-order valence-corrected chi connectivity index (χ0v) is 15.4. The van der Waals surface area contributed by atoms with E-state index in [0.717, 1.165) is 40.7 Å². The van der Waals surface area contributed by atoms with Gasteiger partial charge >= 0.3 is 0 Å². The van der Waals surface area contributed by atoms with Crippen LogP contribution < -0.4 is 10.2 Å². The number of anilines is 1. The quantitative estimate of drug-likeness (QED) is 0.735. The van der Waals surface area contributed by atoms with Crippen molar-refractivity contribution in [3.05, 3.63) is 52.8 Å². The zero-order chi connectivity index (χ0) is 17.4. The van der Waals surface area contributed by atoms with Crippen molar-refractivity contribution in [1.29, 1.82) is 0 Å². The Bertz CT molecular complexity index is 924. The number of fused-ring (bicyclic) bond motifs is 1. The number of aromatic nitrogens is 3. The first kappa shape index (κ1) is 16.1. The van der Waals surface area contributed by atoms with E-state index in [1.807, 2.05) is 36.4 Å². The molecule has 128 valence electrons. The summed E-state index contributed by atoms with van der Waals surface area (Å²) in [6, 6.07) is 11.8. The van der Waals surface area contributed by atoms with Gasteiger partial charge in [-0.05, 0) is 36.8 Å². The number of aryl methyl sites for hydroxylation is 1. The lowest BCUT2D eigenvalue weighted by molar-refractivity contribution is 0.0932. The number of hydrogen-bond donors (Lipinski definition) is 1. The fraction of sp³-hybridized carbons (Fsp3) is 0.278. The number of carbonyl (C=O) groups is 1. The third-order valence-electron chi connectivity index (χ3n) is 4.51. The number of nitrogens with one attached hydrogen (secondary N) is 1. The highest BCUT2D eigenvalue weighted by Crippen LogP contribution is 2.23. The zero-order valence-electron chi connectivity index (χ0n) is 13.8. The Hall–Kier alpha value is -2.41. The molecule has 3 heterocycles. The van der Waals surface area contributed by atoms with Crippen molar-refractivity contribution >= 4 is 38.6 Å². The van der Waals surface area contributed by atoms with Crippen LogP contribution in [-0.4, -0.2) is 39.8 Å². The molecule has 3 aromatic rings. The Labute approximate surface area is 154 Å². The molecule has 1 aliphatic rings. The second-order valence-corrected chi connectivity index (χ2v) is 7.14. The summed E-state index contributed by atoms with van der Waals surface area (Å²) < 4.78 is 2.60. The molecule has 1 saturated heterocycles. The van der Waals surface area contributed by atoms with E-state index in [0.29, 0.717) is 5.69 Å². The molecule has 1 atom stereocenters. The van der Waals surface area contributed by atoms with Crippen LogP contribution in [0.3, 0.4) is 0 Å². The minimum Gasteiger partial charge on any atom is -0.354 e. The van der Waals surface area contributed by atoms with Crippen LogP contribution in [0.2, 0.25) is 0 Å². The summed E-state index contributed by atoms with van der Waals surface area (Å²) in [4.78, 5) is 19.4. The lowest BCUT2D eigenvalue weighted by Crippen LogP contribution is -2.38. The van der Waals surface area contributed by atoms with Crippen molar-refractivity contribution < 1.29 is 4.79 Å². The van der Waals surface area contributed by atoms with Crippen molar-refractivity contribution in [2.24, 2.45) is 7.05 Å². The second kappa shape index (κ2) is 6.48. The largest absolute Gasteiger partial charge is 0.354 e. The van der Waals surface area contributed by atoms with Gasteiger partial charge in [-0.2, -0.15) is 5.10 Å². The molecule has 25 heavy (non-hydrogen) atoms. The average molecular weight is 400 g/mol. The van der Waals surface area contributed by atoms with Crippen molar-refractivity contribution in [3.8, 4) is 0 Å². The Morgan fingerprint density at radius 1 is 1.32 bits per heavy atom. The topological polar surface area (TPSA) is 63.1 Å². The van der Waals surface area contributed by atoms with E-state index in [1.54, 1.807) is 17.9 Å². The molecule has 1 aliphatic heterocycles. The Morgan fingerprint density at radius 3 is 3.00 bits per heavy atom. The van der Waals surface area contributed by atoms with E-state index in [-0.39, 0.29) is 11.9 Å². The normalized spacial score (nSPS) is 17.2. The van der Waals surface area contributed by atoms with Gasteiger partial charge in [0.1, 0.15) is 11.5 Å². The van der Waals surface area contributed by atoms with Gasteiger partial charge in [0.2, 0.25) is 0 Å². The maximum atomic E-state index is 12.8. The minimum absolute atomic E-state index is 0.0832. The van der Waals surface area contributed by atoms with Crippen molar-refractivity contribution in [1.82, 2.24) is 20.1 Å². The lowest BCUT2D eigenvalue weighted by Gasteiger charge is -2.17. The van der Waals surface area contributed by atoms with Gasteiger partial charge in [-0.3, -0.25) is 9.48 Å². The molecular weight excluding hydrogens is 382 g/mol. The summed E-state index contributed by atoms with van der Waals surface area (Å²) in [7, 11) is 1.80. The molecule has 0 bridgehead atoms. The van der Waals surface area contributed by atoms with E-state index in [4.69, 9.17) is 0 Å². The van der Waals surface area contributed by atoms with Crippen LogP contribution in [0.4, 0.5) is 5.82 Å². The standard InChI is InChI=1S/C18H18BrN5O/c1-23-17(14-6-5-12(19)10-15(14)22-23)18(25)21-13-7-9-24(11-13)16-4-2-3-8-20-16/h2-6,8,10,13H,7,9,11H2,1H3,(H,21,25). The van der Waals surface area contributed by atoms with Gasteiger partial charge in [-0.1, -0.05) is 22.0 Å². The minimum atomic E-state index is -0.0832. The summed E-state index contributed by atoms with van der Waals surface area (Å²) in [5.41, 5.74) is 1.40. The van der Waals surface area contributed by atoms with Gasteiger partial charge in [0.05, 0.1) is 5.52 Å². The van der Waals surface area contributed by atoms with Crippen molar-refractivity contribution in [2.75, 3.05) is 18.0 Å². The van der Waals surface area contributed by atoms with E-state index in [2.05, 4.69) is 36.2 Å². The molecule has 1 N–H and O–H groups in total. The predicted octanol–water partition coefficient (Wildman–Crippen LogP) is 2.74. The van der Waals surface area contributed by atoms with Crippen LogP contribution >= 0.6 is 15.9 Å². The van der Waals surface area contributed by atoms with Crippen LogP contribution in [0, 0.1) is 0 Å². The third-order valence-corrected chi connectivity index (χ3v) is 5.00. The van der Waals surface area contributed by atoms with Gasteiger partial charge in [0.15, 0.2) is 0 Å². The number of halogens is 1. The van der Waals surface area contributed by atoms with Gasteiger partial charge in [0, 0.05) is 42.2 Å². The fourth-order valence-electron chi connectivity index (χ4n) is 3.32. The summed E-state index contributed by atoms with van der Waals surface area (Å²) >= 11 is 3.44. The Kier molecular flexibility index (Phi) is 4.17. The summed E-state index contributed by atoms with van der Waals surface area (Å²) in [5, 5.41) is 8.45. The maximum Gasteiger partial charge on any atom is 0.270 e. The molecule has 0 saturated carbocycles. The van der Waals surface area contributed by atoms with E-state index in [9.17, 15) is 4.79 Å². The molecule has 6 nitrogen and oxygen atoms in total. The van der Waals surface area contributed by atoms with Crippen molar-refractivity contribution in [2.45, 2.75) is 12.5 Å². The molecule has 2 aromatic heterocycles. The highest BCUT2D eigenvalue weighted by molar-refractivity contribution is 9.10. The number of carbonyl (C=O) groups excluding carboxylic acids is 1. The first-order valence-corrected chi connectivity index (χ1v) is 9.00. The van der Waals surface area contributed by atoms with Gasteiger partial charge in [-0.25, -0.2) is 4.98 Å². The summed E-state index contributed by atoms with van der Waals surface area (Å²) in [6.45, 7) is 1.66. The SMILES string of the molecule is Cn1nc2cc(Br)ccc2c1C(=O)NC1CCN(c2ccccn2)C1. The highest BCUT2D eigenvalue weighted by Gasteiger charge is 2.26. The molecule has 0 radical (unpaired) electrons. The predicted molar refractivity (Wildman–Crippen MR) is 101 cm³/mol. The average Bonchev–Trinajstić information content (AvgIpc) is 3.18. The first-order chi connectivity index (χ1) is 12.1. The van der Waals surface area contributed by atoms with E-state index < -0.39 is 0 Å². The van der Waals surface area contributed by atoms with E-state index in [1.165, 1.54) is 0 Å². The highest BCUT2D eigenvalue weighted by atomic mass is 79.9. The number of nitrogens with zero attached hydrogens (tertiary/aromatic N) is 4. The van der Waals surface area contributed by atoms with Crippen LogP contribution in [0.15, 0.2) is 47.1 Å². The van der Waals surface area contributed by atoms with Crippen LogP contribution in [0.5, 0.6) is 0 Å². The second-order valence-electron chi connectivity index (χ2n) is 6.23. The number of benzene rings is 1. The smallest absolute Gasteiger partial charge is 0.270 e. The summed E-state index contributed by atoms with van der Waals surface area (Å²) in [5.74, 6) is 0.871. The Balaban J connectivity index is 1.51. The number of amides is 1. The number of hydrogen-bond acceptors (Lipinski definition) is 4. The fourth-order valence-corrected chi connectivity index (χ4v) is 3.67. The van der Waals surface area contributed by atoms with Crippen molar-refractivity contribution in [3.63, 3.8) is 0 Å². The first-order valence-electron chi connectivity index (χ1n) is 8.21. The van der Waals surface area contributed by atoms with Gasteiger partial charge < -0.3 is 10.2 Å². The molecule has 1 amide bonds. The van der Waals surface area contributed by atoms with Gasteiger partial charge in [-0.15, -0.1) is 0 Å².